The highest BCUT2D eigenvalue weighted by Gasteiger charge is 2.43. The number of sulfonamides is 1. The molecule has 82 valence electrons. The summed E-state index contributed by atoms with van der Waals surface area (Å²) >= 11 is 0. The summed E-state index contributed by atoms with van der Waals surface area (Å²) in [4.78, 5) is 0. The fraction of sp³-hybridized carbons (Fsp3) is 1.00. The quantitative estimate of drug-likeness (QED) is 0.689. The van der Waals surface area contributed by atoms with Crippen LogP contribution in [0.15, 0.2) is 0 Å². The predicted octanol–water partition coefficient (Wildman–Crippen LogP) is -0.387. The normalized spacial score (nSPS) is 31.4. The Morgan fingerprint density at radius 1 is 1.43 bits per heavy atom. The van der Waals surface area contributed by atoms with Crippen LogP contribution in [0.25, 0.3) is 0 Å². The minimum Gasteiger partial charge on any atom is -0.376 e. The highest BCUT2D eigenvalue weighted by molar-refractivity contribution is 7.89. The Morgan fingerprint density at radius 3 is 2.64 bits per heavy atom. The molecular formula is C8H15NO4S. The lowest BCUT2D eigenvalue weighted by molar-refractivity contribution is -0.222. The topological polar surface area (TPSA) is 78.6 Å². The minimum absolute atomic E-state index is 0.144. The smallest absolute Gasteiger partial charge is 0.211 e. The first-order chi connectivity index (χ1) is 6.49. The maximum absolute atomic E-state index is 10.9. The van der Waals surface area contributed by atoms with Crippen LogP contribution in [0, 0.1) is 0 Å². The SMILES string of the molecule is NS(=O)(=O)CC1COCC2(CCC2)O1. The second-order valence-electron chi connectivity index (χ2n) is 4.12. The van der Waals surface area contributed by atoms with Gasteiger partial charge in [0.05, 0.1) is 30.7 Å². The molecule has 0 aromatic rings. The van der Waals surface area contributed by atoms with Gasteiger partial charge in [-0.1, -0.05) is 0 Å². The maximum atomic E-state index is 10.9. The monoisotopic (exact) mass is 221 g/mol. The van der Waals surface area contributed by atoms with Crippen LogP contribution in [0.2, 0.25) is 0 Å². The highest BCUT2D eigenvalue weighted by atomic mass is 32.2. The second-order valence-corrected chi connectivity index (χ2v) is 5.78. The molecule has 5 nitrogen and oxygen atoms in total. The average molecular weight is 221 g/mol. The molecule has 6 heteroatoms. The molecule has 1 aliphatic carbocycles. The average Bonchev–Trinajstić information content (AvgIpc) is 1.99. The molecule has 1 saturated heterocycles. The Labute approximate surface area is 83.6 Å². The van der Waals surface area contributed by atoms with Crippen LogP contribution < -0.4 is 5.14 Å². The van der Waals surface area contributed by atoms with Crippen LogP contribution in [0.3, 0.4) is 0 Å². The number of primary sulfonamides is 1. The predicted molar refractivity (Wildman–Crippen MR) is 50.2 cm³/mol. The number of rotatable bonds is 2. The fourth-order valence-electron chi connectivity index (χ4n) is 1.97. The first-order valence-electron chi connectivity index (χ1n) is 4.75. The lowest BCUT2D eigenvalue weighted by Crippen LogP contribution is -2.54. The maximum Gasteiger partial charge on any atom is 0.211 e. The van der Waals surface area contributed by atoms with Crippen LogP contribution in [-0.2, 0) is 19.5 Å². The summed E-state index contributed by atoms with van der Waals surface area (Å²) in [7, 11) is -3.46. The van der Waals surface area contributed by atoms with Crippen molar-refractivity contribution >= 4 is 10.0 Å². The summed E-state index contributed by atoms with van der Waals surface area (Å²) in [5, 5.41) is 4.95. The van der Waals surface area contributed by atoms with Crippen LogP contribution >= 0.6 is 0 Å². The number of nitrogens with two attached hydrogens (primary N) is 1. The molecule has 0 radical (unpaired) electrons. The van der Waals surface area contributed by atoms with Gasteiger partial charge in [0.1, 0.15) is 0 Å². The van der Waals surface area contributed by atoms with E-state index in [9.17, 15) is 8.42 Å². The van der Waals surface area contributed by atoms with Crippen molar-refractivity contribution in [2.75, 3.05) is 19.0 Å². The summed E-state index contributed by atoms with van der Waals surface area (Å²) in [5.74, 6) is -0.144. The van der Waals surface area contributed by atoms with Gasteiger partial charge >= 0.3 is 0 Å². The van der Waals surface area contributed by atoms with Crippen molar-refractivity contribution in [1.29, 1.82) is 0 Å². The Hall–Kier alpha value is -0.170. The first kappa shape index (κ1) is 10.4. The third-order valence-corrected chi connectivity index (χ3v) is 3.60. The molecular weight excluding hydrogens is 206 g/mol. The summed E-state index contributed by atoms with van der Waals surface area (Å²) in [6.45, 7) is 0.923. The molecule has 1 saturated carbocycles. The van der Waals surface area contributed by atoms with Crippen molar-refractivity contribution in [3.8, 4) is 0 Å². The highest BCUT2D eigenvalue weighted by Crippen LogP contribution is 2.39. The molecule has 0 amide bonds. The summed E-state index contributed by atoms with van der Waals surface area (Å²) in [6.07, 6.45) is 2.67. The standard InChI is InChI=1S/C8H15NO4S/c9-14(10,11)5-7-4-12-6-8(13-7)2-1-3-8/h7H,1-6H2,(H2,9,10,11). The molecule has 1 heterocycles. The van der Waals surface area contributed by atoms with Crippen LogP contribution in [0.1, 0.15) is 19.3 Å². The van der Waals surface area contributed by atoms with Gasteiger partial charge in [-0.15, -0.1) is 0 Å². The molecule has 0 bridgehead atoms. The molecule has 1 atom stereocenters. The molecule has 2 aliphatic rings. The van der Waals surface area contributed by atoms with Gasteiger partial charge in [0, 0.05) is 0 Å². The van der Waals surface area contributed by atoms with Crippen LogP contribution in [0.4, 0.5) is 0 Å². The van der Waals surface area contributed by atoms with Crippen LogP contribution in [0.5, 0.6) is 0 Å². The summed E-state index contributed by atoms with van der Waals surface area (Å²) in [6, 6.07) is 0. The summed E-state index contributed by atoms with van der Waals surface area (Å²) in [5.41, 5.74) is -0.201. The molecule has 1 unspecified atom stereocenters. The number of hydrogen-bond acceptors (Lipinski definition) is 4. The van der Waals surface area contributed by atoms with E-state index in [4.69, 9.17) is 14.6 Å². The Bertz CT molecular complexity index is 309. The van der Waals surface area contributed by atoms with E-state index in [0.29, 0.717) is 13.2 Å². The van der Waals surface area contributed by atoms with E-state index in [-0.39, 0.29) is 17.5 Å². The van der Waals surface area contributed by atoms with Gasteiger partial charge in [0.25, 0.3) is 0 Å². The molecule has 0 aromatic heterocycles. The van der Waals surface area contributed by atoms with Gasteiger partial charge in [0.2, 0.25) is 10.0 Å². The zero-order valence-electron chi connectivity index (χ0n) is 7.94. The lowest BCUT2D eigenvalue weighted by atomic mass is 9.80. The molecule has 2 N–H and O–H groups in total. The Kier molecular flexibility index (Phi) is 2.55. The van der Waals surface area contributed by atoms with Gasteiger partial charge in [-0.2, -0.15) is 0 Å². The number of ether oxygens (including phenoxy) is 2. The van der Waals surface area contributed by atoms with Gasteiger partial charge in [-0.25, -0.2) is 13.6 Å². The molecule has 0 aromatic carbocycles. The second kappa shape index (κ2) is 3.44. The van der Waals surface area contributed by atoms with Crippen molar-refractivity contribution in [3.63, 3.8) is 0 Å². The largest absolute Gasteiger partial charge is 0.376 e. The van der Waals surface area contributed by atoms with Gasteiger partial charge in [-0.3, -0.25) is 0 Å². The number of hydrogen-bond donors (Lipinski definition) is 1. The van der Waals surface area contributed by atoms with Crippen molar-refractivity contribution in [2.24, 2.45) is 5.14 Å². The molecule has 2 rings (SSSR count). The first-order valence-corrected chi connectivity index (χ1v) is 6.47. The van der Waals surface area contributed by atoms with Gasteiger partial charge < -0.3 is 9.47 Å². The van der Waals surface area contributed by atoms with Gasteiger partial charge in [0.15, 0.2) is 0 Å². The van der Waals surface area contributed by atoms with E-state index < -0.39 is 10.0 Å². The van der Waals surface area contributed by atoms with E-state index in [2.05, 4.69) is 0 Å². The summed E-state index contributed by atoms with van der Waals surface area (Å²) < 4.78 is 32.8. The third-order valence-electron chi connectivity index (χ3n) is 2.77. The van der Waals surface area contributed by atoms with E-state index in [1.807, 2.05) is 0 Å². The molecule has 1 aliphatic heterocycles. The molecule has 14 heavy (non-hydrogen) atoms. The van der Waals surface area contributed by atoms with Crippen LogP contribution in [-0.4, -0.2) is 39.1 Å². The lowest BCUT2D eigenvalue weighted by Gasteiger charge is -2.46. The third kappa shape index (κ3) is 2.25. The van der Waals surface area contributed by atoms with Crippen molar-refractivity contribution < 1.29 is 17.9 Å². The van der Waals surface area contributed by atoms with E-state index in [0.717, 1.165) is 19.3 Å². The van der Waals surface area contributed by atoms with E-state index >= 15 is 0 Å². The van der Waals surface area contributed by atoms with Crippen molar-refractivity contribution in [3.05, 3.63) is 0 Å². The minimum atomic E-state index is -3.46. The zero-order chi connectivity index (χ0) is 10.2. The van der Waals surface area contributed by atoms with Crippen molar-refractivity contribution in [1.82, 2.24) is 0 Å². The van der Waals surface area contributed by atoms with E-state index in [1.165, 1.54) is 0 Å². The zero-order valence-corrected chi connectivity index (χ0v) is 8.76. The Morgan fingerprint density at radius 2 is 2.14 bits per heavy atom. The Balaban J connectivity index is 1.94. The van der Waals surface area contributed by atoms with Gasteiger partial charge in [-0.05, 0) is 19.3 Å². The van der Waals surface area contributed by atoms with E-state index in [1.54, 1.807) is 0 Å². The fourth-order valence-corrected chi connectivity index (χ4v) is 2.65. The molecule has 1 spiro atoms. The van der Waals surface area contributed by atoms with Crippen molar-refractivity contribution in [2.45, 2.75) is 31.0 Å². The molecule has 2 fully saturated rings.